The lowest BCUT2D eigenvalue weighted by Gasteiger charge is -2.21. The Morgan fingerprint density at radius 2 is 1.93 bits per heavy atom. The fourth-order valence-electron chi connectivity index (χ4n) is 1.92. The van der Waals surface area contributed by atoms with Crippen LogP contribution in [0.1, 0.15) is 24.0 Å². The van der Waals surface area contributed by atoms with Gasteiger partial charge in [0.25, 0.3) is 0 Å². The van der Waals surface area contributed by atoms with Crippen molar-refractivity contribution < 1.29 is 0 Å². The van der Waals surface area contributed by atoms with Crippen molar-refractivity contribution in [2.24, 2.45) is 5.73 Å². The molecule has 1 aliphatic rings. The third-order valence-electron chi connectivity index (χ3n) is 2.99. The summed E-state index contributed by atoms with van der Waals surface area (Å²) in [4.78, 5) is 2.50. The van der Waals surface area contributed by atoms with Gasteiger partial charge < -0.3 is 5.73 Å². The summed E-state index contributed by atoms with van der Waals surface area (Å²) < 4.78 is 0. The second kappa shape index (κ2) is 4.77. The minimum atomic E-state index is 0.766. The molecule has 0 unspecified atom stereocenters. The molecular weight excluding hydrogens is 184 g/mol. The van der Waals surface area contributed by atoms with Crippen molar-refractivity contribution in [2.45, 2.75) is 32.4 Å². The predicted molar refractivity (Wildman–Crippen MR) is 63.7 cm³/mol. The van der Waals surface area contributed by atoms with Crippen LogP contribution in [0.4, 0.5) is 0 Å². The van der Waals surface area contributed by atoms with Crippen molar-refractivity contribution in [3.63, 3.8) is 0 Å². The lowest BCUT2D eigenvalue weighted by molar-refractivity contribution is 0.262. The average molecular weight is 204 g/mol. The summed E-state index contributed by atoms with van der Waals surface area (Å²) in [6, 6.07) is 9.61. The summed E-state index contributed by atoms with van der Waals surface area (Å²) in [6.07, 6.45) is 2.71. The van der Waals surface area contributed by atoms with Crippen molar-refractivity contribution in [3.05, 3.63) is 35.4 Å². The Labute approximate surface area is 92.1 Å². The quantitative estimate of drug-likeness (QED) is 0.794. The van der Waals surface area contributed by atoms with Crippen molar-refractivity contribution in [1.29, 1.82) is 0 Å². The van der Waals surface area contributed by atoms with Gasteiger partial charge in [-0.15, -0.1) is 0 Å². The lowest BCUT2D eigenvalue weighted by atomic mass is 10.1. The van der Waals surface area contributed by atoms with Crippen molar-refractivity contribution in [2.75, 3.05) is 13.1 Å². The van der Waals surface area contributed by atoms with Gasteiger partial charge in [-0.25, -0.2) is 0 Å². The van der Waals surface area contributed by atoms with Gasteiger partial charge >= 0.3 is 0 Å². The maximum absolute atomic E-state index is 5.63. The molecule has 1 saturated carbocycles. The number of nitrogens with two attached hydrogens (primary N) is 1. The first-order valence-electron chi connectivity index (χ1n) is 5.79. The van der Waals surface area contributed by atoms with Gasteiger partial charge in [0.15, 0.2) is 0 Å². The Hall–Kier alpha value is -0.860. The van der Waals surface area contributed by atoms with E-state index >= 15 is 0 Å². The van der Waals surface area contributed by atoms with Crippen molar-refractivity contribution >= 4 is 0 Å². The minimum Gasteiger partial charge on any atom is -0.329 e. The van der Waals surface area contributed by atoms with E-state index in [1.165, 1.54) is 24.0 Å². The Bertz CT molecular complexity index is 301. The van der Waals surface area contributed by atoms with Gasteiger partial charge in [0.2, 0.25) is 0 Å². The smallest absolute Gasteiger partial charge is 0.0237 e. The summed E-state index contributed by atoms with van der Waals surface area (Å²) in [5.41, 5.74) is 8.36. The highest BCUT2D eigenvalue weighted by Gasteiger charge is 2.28. The van der Waals surface area contributed by atoms with E-state index in [2.05, 4.69) is 36.1 Å². The third-order valence-corrected chi connectivity index (χ3v) is 2.99. The highest BCUT2D eigenvalue weighted by molar-refractivity contribution is 5.21. The fourth-order valence-corrected chi connectivity index (χ4v) is 1.92. The molecule has 1 aromatic carbocycles. The number of hydrogen-bond acceptors (Lipinski definition) is 2. The zero-order valence-electron chi connectivity index (χ0n) is 9.45. The zero-order valence-corrected chi connectivity index (χ0v) is 9.45. The van der Waals surface area contributed by atoms with Gasteiger partial charge in [-0.2, -0.15) is 0 Å². The summed E-state index contributed by atoms with van der Waals surface area (Å²) in [7, 11) is 0. The van der Waals surface area contributed by atoms with Crippen molar-refractivity contribution in [3.8, 4) is 0 Å². The molecular formula is C13H20N2. The van der Waals surface area contributed by atoms with Crippen LogP contribution in [-0.2, 0) is 6.54 Å². The molecule has 2 nitrogen and oxygen atoms in total. The molecule has 0 aliphatic heterocycles. The molecule has 2 rings (SSSR count). The number of benzene rings is 1. The number of rotatable bonds is 5. The highest BCUT2D eigenvalue weighted by Crippen LogP contribution is 2.27. The van der Waals surface area contributed by atoms with Crippen LogP contribution in [0.3, 0.4) is 0 Å². The van der Waals surface area contributed by atoms with Crippen LogP contribution in [-0.4, -0.2) is 24.0 Å². The molecule has 1 aromatic rings. The van der Waals surface area contributed by atoms with E-state index in [0.29, 0.717) is 0 Å². The molecule has 0 amide bonds. The van der Waals surface area contributed by atoms with E-state index in [-0.39, 0.29) is 0 Å². The first kappa shape index (κ1) is 10.7. The van der Waals surface area contributed by atoms with Crippen LogP contribution in [0.15, 0.2) is 24.3 Å². The maximum Gasteiger partial charge on any atom is 0.0237 e. The van der Waals surface area contributed by atoms with Gasteiger partial charge in [-0.05, 0) is 25.3 Å². The Morgan fingerprint density at radius 3 is 2.47 bits per heavy atom. The van der Waals surface area contributed by atoms with Gasteiger partial charge in [0.1, 0.15) is 0 Å². The van der Waals surface area contributed by atoms with E-state index in [1.54, 1.807) is 0 Å². The first-order chi connectivity index (χ1) is 7.29. The predicted octanol–water partition coefficient (Wildman–Crippen LogP) is 1.92. The fraction of sp³-hybridized carbons (Fsp3) is 0.538. The third kappa shape index (κ3) is 3.05. The summed E-state index contributed by atoms with van der Waals surface area (Å²) in [6.45, 7) is 4.98. The van der Waals surface area contributed by atoms with Crippen LogP contribution in [0, 0.1) is 6.92 Å². The standard InChI is InChI=1S/C13H20N2/c1-11-2-4-12(5-3-11)10-15(9-8-14)13-6-7-13/h2-5,13H,6-10,14H2,1H3. The average Bonchev–Trinajstić information content (AvgIpc) is 3.04. The second-order valence-corrected chi connectivity index (χ2v) is 4.48. The molecule has 15 heavy (non-hydrogen) atoms. The van der Waals surface area contributed by atoms with Crippen LogP contribution in [0.2, 0.25) is 0 Å². The Kier molecular flexibility index (Phi) is 3.39. The monoisotopic (exact) mass is 204 g/mol. The molecule has 0 spiro atoms. The molecule has 0 radical (unpaired) electrons. The summed E-state index contributed by atoms with van der Waals surface area (Å²) in [5.74, 6) is 0. The van der Waals surface area contributed by atoms with Crippen LogP contribution < -0.4 is 5.73 Å². The molecule has 1 aliphatic carbocycles. The minimum absolute atomic E-state index is 0.766. The van der Waals surface area contributed by atoms with E-state index in [0.717, 1.165) is 25.7 Å². The lowest BCUT2D eigenvalue weighted by Crippen LogP contribution is -2.30. The van der Waals surface area contributed by atoms with E-state index < -0.39 is 0 Å². The Morgan fingerprint density at radius 1 is 1.27 bits per heavy atom. The summed E-state index contributed by atoms with van der Waals surface area (Å²) in [5, 5.41) is 0. The van der Waals surface area contributed by atoms with E-state index in [1.807, 2.05) is 0 Å². The van der Waals surface area contributed by atoms with Gasteiger partial charge in [0.05, 0.1) is 0 Å². The largest absolute Gasteiger partial charge is 0.329 e. The molecule has 0 bridgehead atoms. The molecule has 1 fully saturated rings. The van der Waals surface area contributed by atoms with E-state index in [4.69, 9.17) is 5.73 Å². The SMILES string of the molecule is Cc1ccc(CN(CCN)C2CC2)cc1. The molecule has 0 saturated heterocycles. The van der Waals surface area contributed by atoms with Crippen LogP contribution in [0.5, 0.6) is 0 Å². The summed E-state index contributed by atoms with van der Waals surface area (Å²) >= 11 is 0. The Balaban J connectivity index is 1.95. The second-order valence-electron chi connectivity index (χ2n) is 4.48. The molecule has 0 aromatic heterocycles. The van der Waals surface area contributed by atoms with Gasteiger partial charge in [0, 0.05) is 25.7 Å². The first-order valence-corrected chi connectivity index (χ1v) is 5.79. The number of hydrogen-bond donors (Lipinski definition) is 1. The topological polar surface area (TPSA) is 29.3 Å². The number of aryl methyl sites for hydroxylation is 1. The molecule has 0 heterocycles. The zero-order chi connectivity index (χ0) is 10.7. The molecule has 82 valence electrons. The molecule has 2 heteroatoms. The maximum atomic E-state index is 5.63. The van der Waals surface area contributed by atoms with Gasteiger partial charge in [-0.1, -0.05) is 29.8 Å². The van der Waals surface area contributed by atoms with Gasteiger partial charge in [-0.3, -0.25) is 4.90 Å². The van der Waals surface area contributed by atoms with Crippen molar-refractivity contribution in [1.82, 2.24) is 4.90 Å². The van der Waals surface area contributed by atoms with Crippen LogP contribution >= 0.6 is 0 Å². The molecule has 2 N–H and O–H groups in total. The molecule has 0 atom stereocenters. The number of nitrogens with zero attached hydrogens (tertiary/aromatic N) is 1. The normalized spacial score (nSPS) is 15.9. The highest BCUT2D eigenvalue weighted by atomic mass is 15.2. The van der Waals surface area contributed by atoms with Crippen LogP contribution in [0.25, 0.3) is 0 Å². The van der Waals surface area contributed by atoms with E-state index in [9.17, 15) is 0 Å².